The molecule has 66 valence electrons. The van der Waals surface area contributed by atoms with Gasteiger partial charge in [-0.2, -0.15) is 23.8 Å². The molecule has 1 N–H and O–H groups in total. The average Bonchev–Trinajstić information content (AvgIpc) is 2.32. The lowest BCUT2D eigenvalue weighted by Crippen LogP contribution is -2.20. The van der Waals surface area contributed by atoms with Crippen LogP contribution in [0.2, 0.25) is 0 Å². The second-order valence-corrected chi connectivity index (χ2v) is 3.58. The molecule has 0 radical (unpaired) electrons. The zero-order valence-corrected chi connectivity index (χ0v) is 7.67. The molecular formula is C11H15O-. The molecule has 0 saturated carbocycles. The van der Waals surface area contributed by atoms with Gasteiger partial charge >= 0.3 is 0 Å². The highest BCUT2D eigenvalue weighted by Gasteiger charge is 2.16. The minimum absolute atomic E-state index is 0.622. The Labute approximate surface area is 73.7 Å². The van der Waals surface area contributed by atoms with Crippen molar-refractivity contribution < 1.29 is 5.11 Å². The molecule has 0 bridgehead atoms. The largest absolute Gasteiger partial charge is 0.398 e. The van der Waals surface area contributed by atoms with E-state index < -0.39 is 5.60 Å². The molecule has 1 heteroatoms. The molecule has 1 aromatic rings. The molecule has 0 amide bonds. The zero-order chi connectivity index (χ0) is 9.19. The highest BCUT2D eigenvalue weighted by molar-refractivity contribution is 5.24. The Morgan fingerprint density at radius 3 is 2.83 bits per heavy atom. The lowest BCUT2D eigenvalue weighted by molar-refractivity contribution is 0.0581. The third-order valence-corrected chi connectivity index (χ3v) is 1.93. The summed E-state index contributed by atoms with van der Waals surface area (Å²) in [4.78, 5) is 0. The molecule has 0 aliphatic rings. The maximum absolute atomic E-state index is 9.98. The highest BCUT2D eigenvalue weighted by atomic mass is 16.3. The van der Waals surface area contributed by atoms with Gasteiger partial charge < -0.3 is 5.11 Å². The Balaban J connectivity index is 2.79. The smallest absolute Gasteiger partial charge is 0.0373 e. The van der Waals surface area contributed by atoms with E-state index in [0.29, 0.717) is 6.42 Å². The quantitative estimate of drug-likeness (QED) is 0.536. The Hall–Kier alpha value is -0.950. The van der Waals surface area contributed by atoms with Gasteiger partial charge in [-0.3, -0.25) is 0 Å². The first-order valence-electron chi connectivity index (χ1n) is 4.11. The molecule has 0 aliphatic carbocycles. The van der Waals surface area contributed by atoms with E-state index in [1.165, 1.54) is 0 Å². The monoisotopic (exact) mass is 163 g/mol. The van der Waals surface area contributed by atoms with Crippen molar-refractivity contribution in [2.75, 3.05) is 0 Å². The molecule has 1 unspecified atom stereocenters. The summed E-state index contributed by atoms with van der Waals surface area (Å²) < 4.78 is 0. The minimum atomic E-state index is -0.755. The van der Waals surface area contributed by atoms with Gasteiger partial charge in [-0.1, -0.05) is 5.57 Å². The van der Waals surface area contributed by atoms with E-state index in [4.69, 9.17) is 0 Å². The molecule has 0 spiro atoms. The van der Waals surface area contributed by atoms with Gasteiger partial charge in [0.25, 0.3) is 0 Å². The van der Waals surface area contributed by atoms with Crippen molar-refractivity contribution in [2.45, 2.75) is 25.9 Å². The van der Waals surface area contributed by atoms with Gasteiger partial charge in [-0.15, -0.1) is 6.58 Å². The second kappa shape index (κ2) is 3.20. The summed E-state index contributed by atoms with van der Waals surface area (Å²) in [6, 6.07) is 7.73. The summed E-state index contributed by atoms with van der Waals surface area (Å²) in [5.74, 6) is 0. The van der Waals surface area contributed by atoms with E-state index in [2.05, 4.69) is 6.58 Å². The SMILES string of the molecule is C=C(C)CC(C)(O)c1cc[cH-]c1. The first kappa shape index (κ1) is 9.14. The van der Waals surface area contributed by atoms with Crippen molar-refractivity contribution >= 4 is 0 Å². The van der Waals surface area contributed by atoms with Crippen LogP contribution in [-0.4, -0.2) is 5.11 Å². The van der Waals surface area contributed by atoms with E-state index in [1.807, 2.05) is 38.1 Å². The van der Waals surface area contributed by atoms with Crippen LogP contribution in [0.15, 0.2) is 36.4 Å². The Morgan fingerprint density at radius 2 is 2.42 bits per heavy atom. The number of aliphatic hydroxyl groups is 1. The highest BCUT2D eigenvalue weighted by Crippen LogP contribution is 2.27. The molecule has 1 atom stereocenters. The number of hydrogen-bond donors (Lipinski definition) is 1. The fourth-order valence-corrected chi connectivity index (χ4v) is 1.42. The van der Waals surface area contributed by atoms with E-state index in [1.54, 1.807) is 0 Å². The van der Waals surface area contributed by atoms with Gasteiger partial charge in [-0.25, -0.2) is 6.07 Å². The minimum Gasteiger partial charge on any atom is -0.398 e. The van der Waals surface area contributed by atoms with E-state index in [-0.39, 0.29) is 0 Å². The molecule has 0 aromatic heterocycles. The molecule has 12 heavy (non-hydrogen) atoms. The van der Waals surface area contributed by atoms with E-state index >= 15 is 0 Å². The number of rotatable bonds is 3. The van der Waals surface area contributed by atoms with Crippen molar-refractivity contribution in [1.29, 1.82) is 0 Å². The van der Waals surface area contributed by atoms with Crippen LogP contribution >= 0.6 is 0 Å². The summed E-state index contributed by atoms with van der Waals surface area (Å²) in [5, 5.41) is 9.98. The van der Waals surface area contributed by atoms with Crippen LogP contribution in [0.5, 0.6) is 0 Å². The average molecular weight is 163 g/mol. The van der Waals surface area contributed by atoms with Crippen molar-refractivity contribution in [3.05, 3.63) is 42.0 Å². The van der Waals surface area contributed by atoms with Gasteiger partial charge in [0, 0.05) is 5.60 Å². The first-order valence-corrected chi connectivity index (χ1v) is 4.11. The maximum atomic E-state index is 9.98. The summed E-state index contributed by atoms with van der Waals surface area (Å²) in [7, 11) is 0. The van der Waals surface area contributed by atoms with Crippen molar-refractivity contribution in [2.24, 2.45) is 0 Å². The van der Waals surface area contributed by atoms with Gasteiger partial charge in [-0.05, 0) is 20.3 Å². The molecular weight excluding hydrogens is 148 g/mol. The van der Waals surface area contributed by atoms with Crippen molar-refractivity contribution in [3.63, 3.8) is 0 Å². The van der Waals surface area contributed by atoms with Crippen LogP contribution in [0.1, 0.15) is 25.8 Å². The molecule has 1 rings (SSSR count). The van der Waals surface area contributed by atoms with E-state index in [9.17, 15) is 5.11 Å². The lowest BCUT2D eigenvalue weighted by atomic mass is 9.92. The Morgan fingerprint density at radius 1 is 1.75 bits per heavy atom. The molecule has 0 aliphatic heterocycles. The summed E-state index contributed by atoms with van der Waals surface area (Å²) in [6.07, 6.45) is 0.622. The van der Waals surface area contributed by atoms with Gasteiger partial charge in [0.1, 0.15) is 0 Å². The summed E-state index contributed by atoms with van der Waals surface area (Å²) >= 11 is 0. The third kappa shape index (κ3) is 2.02. The zero-order valence-electron chi connectivity index (χ0n) is 7.67. The molecule has 1 nitrogen and oxygen atoms in total. The van der Waals surface area contributed by atoms with Gasteiger partial charge in [0.05, 0.1) is 0 Å². The maximum Gasteiger partial charge on any atom is 0.0373 e. The fourth-order valence-electron chi connectivity index (χ4n) is 1.42. The van der Waals surface area contributed by atoms with Gasteiger partial charge in [0.2, 0.25) is 0 Å². The number of hydrogen-bond acceptors (Lipinski definition) is 1. The van der Waals surface area contributed by atoms with Crippen molar-refractivity contribution in [3.8, 4) is 0 Å². The Bertz CT molecular complexity index is 255. The predicted molar refractivity (Wildman–Crippen MR) is 51.0 cm³/mol. The molecule has 0 heterocycles. The molecule has 0 fully saturated rings. The van der Waals surface area contributed by atoms with Crippen LogP contribution in [0.25, 0.3) is 0 Å². The molecule has 0 saturated heterocycles. The van der Waals surface area contributed by atoms with Crippen LogP contribution in [0, 0.1) is 0 Å². The van der Waals surface area contributed by atoms with Crippen LogP contribution in [0.3, 0.4) is 0 Å². The summed E-state index contributed by atoms with van der Waals surface area (Å²) in [5.41, 5.74) is 1.21. The molecule has 1 aromatic carbocycles. The summed E-state index contributed by atoms with van der Waals surface area (Å²) in [6.45, 7) is 7.53. The van der Waals surface area contributed by atoms with E-state index in [0.717, 1.165) is 11.1 Å². The Kier molecular flexibility index (Phi) is 2.43. The second-order valence-electron chi connectivity index (χ2n) is 3.58. The predicted octanol–water partition coefficient (Wildman–Crippen LogP) is 2.58. The third-order valence-electron chi connectivity index (χ3n) is 1.93. The lowest BCUT2D eigenvalue weighted by Gasteiger charge is -2.28. The normalized spacial score (nSPS) is 15.6. The van der Waals surface area contributed by atoms with Crippen LogP contribution < -0.4 is 0 Å². The first-order chi connectivity index (χ1) is 5.52. The fraction of sp³-hybridized carbons (Fsp3) is 0.364. The van der Waals surface area contributed by atoms with Gasteiger partial charge in [0.15, 0.2) is 0 Å². The van der Waals surface area contributed by atoms with Crippen molar-refractivity contribution in [1.82, 2.24) is 0 Å². The van der Waals surface area contributed by atoms with Crippen LogP contribution in [0.4, 0.5) is 0 Å². The van der Waals surface area contributed by atoms with Crippen LogP contribution in [-0.2, 0) is 5.60 Å². The topological polar surface area (TPSA) is 20.2 Å². The standard InChI is InChI=1S/C11H15O/c1-9(2)8-11(3,12)10-6-4-5-7-10/h4-7,12H,1,8H2,2-3H3/q-1.